The van der Waals surface area contributed by atoms with Crippen LogP contribution >= 0.6 is 7.82 Å². The number of fused-ring (bicyclic) bond motifs is 1. The number of hydrogen-bond acceptors (Lipinski definition) is 7. The molecule has 0 bridgehead atoms. The van der Waals surface area contributed by atoms with Crippen molar-refractivity contribution >= 4 is 23.5 Å². The summed E-state index contributed by atoms with van der Waals surface area (Å²) >= 11 is 0. The molecular weight excluding hydrogens is 524 g/mol. The Morgan fingerprint density at radius 2 is 1.79 bits per heavy atom. The van der Waals surface area contributed by atoms with Crippen molar-refractivity contribution in [1.82, 2.24) is 9.55 Å². The minimum atomic E-state index is -4.45. The number of hydrogen-bond donors (Lipinski definition) is 1. The molecule has 2 aromatic rings. The van der Waals surface area contributed by atoms with Gasteiger partial charge in [-0.25, -0.2) is 13.8 Å². The lowest BCUT2D eigenvalue weighted by Crippen LogP contribution is -2.46. The second kappa shape index (κ2) is 9.81. The van der Waals surface area contributed by atoms with Gasteiger partial charge in [0.1, 0.15) is 39.1 Å². The molecule has 39 heavy (non-hydrogen) atoms. The second-order valence-electron chi connectivity index (χ2n) is 11.9. The van der Waals surface area contributed by atoms with Crippen molar-refractivity contribution in [1.29, 1.82) is 0 Å². The summed E-state index contributed by atoms with van der Waals surface area (Å²) in [7, 11) is 7.94. The first-order chi connectivity index (χ1) is 17.9. The normalized spacial score (nSPS) is 23.6. The highest BCUT2D eigenvalue weighted by Crippen LogP contribution is 2.59. The van der Waals surface area contributed by atoms with E-state index in [1.54, 1.807) is 6.07 Å². The number of terminal acetylenes is 1. The maximum atomic E-state index is 15.5. The second-order valence-corrected chi connectivity index (χ2v) is 13.4. The predicted molar refractivity (Wildman–Crippen MR) is 145 cm³/mol. The van der Waals surface area contributed by atoms with Crippen LogP contribution in [0.3, 0.4) is 0 Å². The van der Waals surface area contributed by atoms with Crippen LogP contribution in [-0.2, 0) is 35.8 Å². The van der Waals surface area contributed by atoms with E-state index in [1.165, 1.54) is 6.20 Å². The number of rotatable bonds is 4. The Hall–Kier alpha value is -2.57. The third kappa shape index (κ3) is 5.69. The van der Waals surface area contributed by atoms with Gasteiger partial charge < -0.3 is 9.26 Å². The average Bonchev–Trinajstić information content (AvgIpc) is 3.28. The summed E-state index contributed by atoms with van der Waals surface area (Å²) in [5.41, 5.74) is -1.30. The molecule has 13 heteroatoms. The predicted octanol–water partition coefficient (Wildman–Crippen LogP) is 3.65. The largest absolute Gasteiger partial charge is 0.529 e. The van der Waals surface area contributed by atoms with Crippen molar-refractivity contribution in [2.45, 2.75) is 89.6 Å². The summed E-state index contributed by atoms with van der Waals surface area (Å²) in [6.07, 6.45) is 5.04. The molecule has 1 aromatic heterocycles. The van der Waals surface area contributed by atoms with E-state index < -0.39 is 60.1 Å². The molecule has 3 atom stereocenters. The Morgan fingerprint density at radius 3 is 2.38 bits per heavy atom. The molecule has 2 aliphatic heterocycles. The number of ether oxygens (including phenoxy) is 1. The molecule has 204 valence electrons. The maximum absolute atomic E-state index is 15.5. The molecular formula is C26H30B2FN2O7P. The minimum absolute atomic E-state index is 0.0604. The summed E-state index contributed by atoms with van der Waals surface area (Å²) in [6.45, 7) is 11.0. The zero-order chi connectivity index (χ0) is 29.1. The SMILES string of the molecule is [B]C([B])(OP1(=O)OCc2c(F)c(C(C)(C)C)cc(C(C)(C)C)c2O1)C1CCC(n2cc(C#C)c(=O)[nH]c2=O)O1. The fourth-order valence-corrected chi connectivity index (χ4v) is 5.94. The average molecular weight is 554 g/mol. The Morgan fingerprint density at radius 1 is 1.15 bits per heavy atom. The summed E-state index contributed by atoms with van der Waals surface area (Å²) in [5, 5.41) is -2.19. The topological polar surface area (TPSA) is 109 Å². The molecule has 9 nitrogen and oxygen atoms in total. The molecule has 1 saturated heterocycles. The van der Waals surface area contributed by atoms with E-state index in [0.29, 0.717) is 11.1 Å². The monoisotopic (exact) mass is 554 g/mol. The van der Waals surface area contributed by atoms with Crippen LogP contribution in [0.25, 0.3) is 0 Å². The van der Waals surface area contributed by atoms with Gasteiger partial charge in [-0.2, -0.15) is 0 Å². The third-order valence-electron chi connectivity index (χ3n) is 6.70. The van der Waals surface area contributed by atoms with Crippen LogP contribution in [0, 0.1) is 18.2 Å². The lowest BCUT2D eigenvalue weighted by atomic mass is 9.61. The van der Waals surface area contributed by atoms with E-state index in [0.717, 1.165) is 4.57 Å². The van der Waals surface area contributed by atoms with Gasteiger partial charge in [-0.05, 0) is 35.3 Å². The Labute approximate surface area is 229 Å². The van der Waals surface area contributed by atoms with Crippen LogP contribution in [0.15, 0.2) is 21.9 Å². The Bertz CT molecular complexity index is 1510. The van der Waals surface area contributed by atoms with E-state index in [1.807, 2.05) is 41.5 Å². The standard InChI is InChI=1S/C26H30B2FN2O7P/c1-8-14-12-31(23(33)30-22(14)32)19-10-9-18(36-19)26(27,28)38-39(34)35-13-15-20(29)16(24(2,3)4)11-17(21(15)37-39)25(5,6)7/h1,11-12,18-19H,9-10,13H2,2-7H3,(H,30,32,33). The number of benzene rings is 1. The lowest BCUT2D eigenvalue weighted by molar-refractivity contribution is -0.0516. The van der Waals surface area contributed by atoms with Crippen LogP contribution in [0.5, 0.6) is 5.75 Å². The number of phosphoric ester groups is 1. The summed E-state index contributed by atoms with van der Waals surface area (Å²) in [5.74, 6) is 1.75. The number of aromatic amines is 1. The van der Waals surface area contributed by atoms with Gasteiger partial charge in [-0.3, -0.25) is 23.4 Å². The van der Waals surface area contributed by atoms with Gasteiger partial charge >= 0.3 is 13.5 Å². The Balaban J connectivity index is 1.61. The maximum Gasteiger partial charge on any atom is 0.529 e. The molecule has 3 unspecified atom stereocenters. The molecule has 2 aliphatic rings. The molecule has 4 rings (SSSR count). The number of phosphoric acid groups is 1. The summed E-state index contributed by atoms with van der Waals surface area (Å²) < 4.78 is 52.8. The van der Waals surface area contributed by atoms with Gasteiger partial charge in [0.2, 0.25) is 0 Å². The van der Waals surface area contributed by atoms with E-state index in [4.69, 9.17) is 40.4 Å². The Kier molecular flexibility index (Phi) is 7.40. The zero-order valence-electron chi connectivity index (χ0n) is 22.8. The number of nitrogens with zero attached hydrogens (tertiary/aromatic N) is 1. The fraction of sp³-hybridized carbons (Fsp3) is 0.538. The van der Waals surface area contributed by atoms with Crippen LogP contribution < -0.4 is 15.8 Å². The number of nitrogens with one attached hydrogen (secondary N) is 1. The van der Waals surface area contributed by atoms with Crippen molar-refractivity contribution in [3.05, 3.63) is 61.2 Å². The zero-order valence-corrected chi connectivity index (χ0v) is 23.7. The molecule has 0 spiro atoms. The van der Waals surface area contributed by atoms with Crippen LogP contribution in [0.4, 0.5) is 4.39 Å². The molecule has 1 aromatic carbocycles. The molecule has 0 aliphatic carbocycles. The first-order valence-electron chi connectivity index (χ1n) is 12.4. The summed E-state index contributed by atoms with van der Waals surface area (Å²) in [6, 6.07) is 1.71. The van der Waals surface area contributed by atoms with Gasteiger partial charge in [-0.15, -0.1) is 6.42 Å². The van der Waals surface area contributed by atoms with E-state index in [9.17, 15) is 14.2 Å². The first-order valence-corrected chi connectivity index (χ1v) is 13.9. The highest BCUT2D eigenvalue weighted by atomic mass is 31.2. The van der Waals surface area contributed by atoms with Crippen molar-refractivity contribution in [2.24, 2.45) is 0 Å². The van der Waals surface area contributed by atoms with Gasteiger partial charge in [0.05, 0.1) is 18.3 Å². The van der Waals surface area contributed by atoms with Crippen LogP contribution in [0.2, 0.25) is 0 Å². The smallest absolute Gasteiger partial charge is 0.403 e. The fourth-order valence-electron chi connectivity index (χ4n) is 4.57. The molecule has 3 heterocycles. The number of aromatic nitrogens is 2. The van der Waals surface area contributed by atoms with Gasteiger partial charge in [0.25, 0.3) is 5.56 Å². The molecule has 0 saturated carbocycles. The molecule has 1 fully saturated rings. The third-order valence-corrected chi connectivity index (χ3v) is 8.09. The van der Waals surface area contributed by atoms with Crippen LogP contribution in [-0.4, -0.2) is 36.7 Å². The van der Waals surface area contributed by atoms with Crippen molar-refractivity contribution < 1.29 is 27.3 Å². The molecule has 4 radical (unpaired) electrons. The van der Waals surface area contributed by atoms with E-state index >= 15 is 4.39 Å². The number of halogens is 1. The van der Waals surface area contributed by atoms with Crippen LogP contribution in [0.1, 0.15) is 82.9 Å². The quantitative estimate of drug-likeness (QED) is 0.349. The van der Waals surface area contributed by atoms with Crippen molar-refractivity contribution in [3.8, 4) is 18.1 Å². The van der Waals surface area contributed by atoms with E-state index in [2.05, 4.69) is 10.9 Å². The molecule has 1 N–H and O–H groups in total. The highest BCUT2D eigenvalue weighted by Gasteiger charge is 2.47. The van der Waals surface area contributed by atoms with E-state index in [-0.39, 0.29) is 29.7 Å². The van der Waals surface area contributed by atoms with Crippen molar-refractivity contribution in [2.75, 3.05) is 0 Å². The van der Waals surface area contributed by atoms with Crippen molar-refractivity contribution in [3.63, 3.8) is 0 Å². The minimum Gasteiger partial charge on any atom is -0.403 e. The lowest BCUT2D eigenvalue weighted by Gasteiger charge is -2.38. The van der Waals surface area contributed by atoms with Gasteiger partial charge in [0.15, 0.2) is 0 Å². The summed E-state index contributed by atoms with van der Waals surface area (Å²) in [4.78, 5) is 26.2. The first kappa shape index (κ1) is 29.4. The van der Waals surface area contributed by atoms with Gasteiger partial charge in [-0.1, -0.05) is 47.5 Å². The van der Waals surface area contributed by atoms with Gasteiger partial charge in [0, 0.05) is 17.2 Å². The molecule has 0 amide bonds. The number of H-pyrrole nitrogens is 1. The highest BCUT2D eigenvalue weighted by molar-refractivity contribution is 7.49.